The first kappa shape index (κ1) is 14.1. The molecule has 1 amide bonds. The smallest absolute Gasteiger partial charge is 0.224 e. The Labute approximate surface area is 136 Å². The van der Waals surface area contributed by atoms with Gasteiger partial charge in [0, 0.05) is 42.1 Å². The Bertz CT molecular complexity index is 923. The fourth-order valence-corrected chi connectivity index (χ4v) is 3.67. The lowest BCUT2D eigenvalue weighted by molar-refractivity contribution is -0.116. The minimum atomic E-state index is 0.120. The first-order valence-electron chi connectivity index (χ1n) is 8.04. The van der Waals surface area contributed by atoms with Crippen molar-refractivity contribution in [3.63, 3.8) is 0 Å². The molecule has 0 saturated carbocycles. The van der Waals surface area contributed by atoms with Gasteiger partial charge in [-0.05, 0) is 67.3 Å². The van der Waals surface area contributed by atoms with Crippen molar-refractivity contribution in [3.8, 4) is 11.1 Å². The first-order valence-corrected chi connectivity index (χ1v) is 8.04. The number of fused-ring (bicyclic) bond motifs is 2. The second kappa shape index (κ2) is 4.98. The van der Waals surface area contributed by atoms with Crippen LogP contribution < -0.4 is 4.90 Å². The quantitative estimate of drug-likeness (QED) is 0.661. The van der Waals surface area contributed by atoms with Crippen LogP contribution >= 0.6 is 0 Å². The molecule has 1 aliphatic heterocycles. The number of pyridine rings is 1. The van der Waals surface area contributed by atoms with Crippen molar-refractivity contribution in [2.45, 2.75) is 33.2 Å². The van der Waals surface area contributed by atoms with Gasteiger partial charge in [-0.3, -0.25) is 4.79 Å². The molecule has 1 aromatic carbocycles. The third-order valence-electron chi connectivity index (χ3n) is 4.72. The Morgan fingerprint density at radius 2 is 1.96 bits per heavy atom. The minimum Gasteiger partial charge on any atom is -0.323 e. The fraction of sp³-hybridized carbons (Fsp3) is 0.250. The van der Waals surface area contributed by atoms with Crippen molar-refractivity contribution in [2.75, 3.05) is 4.90 Å². The molecule has 1 unspecified atom stereocenters. The summed E-state index contributed by atoms with van der Waals surface area (Å²) in [4.78, 5) is 13.7. The lowest BCUT2D eigenvalue weighted by atomic mass is 10.0. The highest BCUT2D eigenvalue weighted by molar-refractivity contribution is 5.95. The predicted molar refractivity (Wildman–Crippen MR) is 93.9 cm³/mol. The first-order chi connectivity index (χ1) is 11.0. The van der Waals surface area contributed by atoms with E-state index >= 15 is 0 Å². The van der Waals surface area contributed by atoms with E-state index in [0.29, 0.717) is 0 Å². The van der Waals surface area contributed by atoms with Gasteiger partial charge < -0.3 is 9.30 Å². The van der Waals surface area contributed by atoms with E-state index in [0.717, 1.165) is 12.1 Å². The van der Waals surface area contributed by atoms with Gasteiger partial charge >= 0.3 is 0 Å². The SMILES string of the molecule is CC(=O)N1c2ccc(-c3cc4cc(C)ccn4c3)cc2CC1C. The van der Waals surface area contributed by atoms with Crippen LogP contribution in [-0.4, -0.2) is 16.3 Å². The molecule has 0 fully saturated rings. The van der Waals surface area contributed by atoms with Crippen LogP contribution in [0.5, 0.6) is 0 Å². The van der Waals surface area contributed by atoms with Gasteiger partial charge in [-0.25, -0.2) is 0 Å². The molecule has 3 nitrogen and oxygen atoms in total. The van der Waals surface area contributed by atoms with E-state index in [2.05, 4.69) is 67.0 Å². The number of rotatable bonds is 1. The van der Waals surface area contributed by atoms with Crippen molar-refractivity contribution in [3.05, 3.63) is 59.9 Å². The lowest BCUT2D eigenvalue weighted by Gasteiger charge is -2.20. The summed E-state index contributed by atoms with van der Waals surface area (Å²) in [7, 11) is 0. The molecule has 0 N–H and O–H groups in total. The average molecular weight is 304 g/mol. The van der Waals surface area contributed by atoms with E-state index < -0.39 is 0 Å². The number of amides is 1. The van der Waals surface area contributed by atoms with E-state index in [1.54, 1.807) is 6.92 Å². The van der Waals surface area contributed by atoms with Crippen LogP contribution in [0.3, 0.4) is 0 Å². The second-order valence-electron chi connectivity index (χ2n) is 6.55. The molecule has 1 atom stereocenters. The predicted octanol–water partition coefficient (Wildman–Crippen LogP) is 4.21. The Morgan fingerprint density at radius 1 is 1.13 bits per heavy atom. The van der Waals surface area contributed by atoms with Crippen LogP contribution in [0.25, 0.3) is 16.6 Å². The fourth-order valence-electron chi connectivity index (χ4n) is 3.67. The minimum absolute atomic E-state index is 0.120. The summed E-state index contributed by atoms with van der Waals surface area (Å²) in [6.45, 7) is 5.86. The number of hydrogen-bond donors (Lipinski definition) is 0. The van der Waals surface area contributed by atoms with Gasteiger partial charge in [-0.2, -0.15) is 0 Å². The van der Waals surface area contributed by atoms with Gasteiger partial charge in [0.2, 0.25) is 5.91 Å². The molecule has 0 spiro atoms. The second-order valence-corrected chi connectivity index (χ2v) is 6.55. The van der Waals surface area contributed by atoms with Gasteiger partial charge in [-0.1, -0.05) is 6.07 Å². The monoisotopic (exact) mass is 304 g/mol. The zero-order valence-corrected chi connectivity index (χ0v) is 13.7. The van der Waals surface area contributed by atoms with E-state index in [-0.39, 0.29) is 11.9 Å². The molecular formula is C20H20N2O. The largest absolute Gasteiger partial charge is 0.323 e. The third-order valence-corrected chi connectivity index (χ3v) is 4.72. The molecule has 3 heteroatoms. The summed E-state index contributed by atoms with van der Waals surface area (Å²) >= 11 is 0. The van der Waals surface area contributed by atoms with E-state index in [9.17, 15) is 4.79 Å². The van der Waals surface area contributed by atoms with Crippen molar-refractivity contribution in [1.82, 2.24) is 4.40 Å². The molecule has 0 radical (unpaired) electrons. The van der Waals surface area contributed by atoms with Crippen LogP contribution in [0.4, 0.5) is 5.69 Å². The number of anilines is 1. The highest BCUT2D eigenvalue weighted by Crippen LogP contribution is 2.35. The Morgan fingerprint density at radius 3 is 2.74 bits per heavy atom. The molecule has 4 rings (SSSR count). The zero-order chi connectivity index (χ0) is 16.1. The number of carbonyl (C=O) groups is 1. The number of nitrogens with zero attached hydrogens (tertiary/aromatic N) is 2. The van der Waals surface area contributed by atoms with Crippen LogP contribution in [0.1, 0.15) is 25.0 Å². The number of carbonyl (C=O) groups excluding carboxylic acids is 1. The molecule has 0 saturated heterocycles. The molecule has 0 bridgehead atoms. The molecule has 3 aromatic rings. The van der Waals surface area contributed by atoms with Crippen LogP contribution in [0, 0.1) is 6.92 Å². The van der Waals surface area contributed by atoms with Crippen LogP contribution in [-0.2, 0) is 11.2 Å². The summed E-state index contributed by atoms with van der Waals surface area (Å²) in [6, 6.07) is 13.2. The summed E-state index contributed by atoms with van der Waals surface area (Å²) in [5.41, 5.74) is 7.22. The number of hydrogen-bond acceptors (Lipinski definition) is 1. The van der Waals surface area contributed by atoms with Crippen molar-refractivity contribution >= 4 is 17.1 Å². The average Bonchev–Trinajstić information content (AvgIpc) is 3.05. The summed E-state index contributed by atoms with van der Waals surface area (Å²) in [5, 5.41) is 0. The highest BCUT2D eigenvalue weighted by atomic mass is 16.2. The lowest BCUT2D eigenvalue weighted by Crippen LogP contribution is -2.33. The number of aromatic nitrogens is 1. The summed E-state index contributed by atoms with van der Waals surface area (Å²) in [5.74, 6) is 0.120. The molecule has 3 heterocycles. The Balaban J connectivity index is 1.78. The topological polar surface area (TPSA) is 24.7 Å². The molecule has 0 aliphatic carbocycles. The molecule has 23 heavy (non-hydrogen) atoms. The molecule has 1 aliphatic rings. The van der Waals surface area contributed by atoms with Crippen LogP contribution in [0.15, 0.2) is 48.8 Å². The standard InChI is InChI=1S/C20H20N2O/c1-13-6-7-21-12-18(11-19(21)8-13)16-4-5-20-17(10-16)9-14(2)22(20)15(3)23/h4-8,10-12,14H,9H2,1-3H3. The maximum Gasteiger partial charge on any atom is 0.224 e. The summed E-state index contributed by atoms with van der Waals surface area (Å²) in [6.07, 6.45) is 5.19. The van der Waals surface area contributed by atoms with Gasteiger partial charge in [0.25, 0.3) is 0 Å². The third kappa shape index (κ3) is 2.24. The van der Waals surface area contributed by atoms with E-state index in [1.165, 1.54) is 27.8 Å². The van der Waals surface area contributed by atoms with E-state index in [1.807, 2.05) is 4.90 Å². The highest BCUT2D eigenvalue weighted by Gasteiger charge is 2.28. The normalized spacial score (nSPS) is 16.8. The van der Waals surface area contributed by atoms with Gasteiger partial charge in [0.1, 0.15) is 0 Å². The van der Waals surface area contributed by atoms with Gasteiger partial charge in [-0.15, -0.1) is 0 Å². The molecular weight excluding hydrogens is 284 g/mol. The maximum absolute atomic E-state index is 11.8. The van der Waals surface area contributed by atoms with Crippen molar-refractivity contribution in [1.29, 1.82) is 0 Å². The van der Waals surface area contributed by atoms with Crippen LogP contribution in [0.2, 0.25) is 0 Å². The van der Waals surface area contributed by atoms with Gasteiger partial charge in [0.15, 0.2) is 0 Å². The number of benzene rings is 1. The zero-order valence-electron chi connectivity index (χ0n) is 13.7. The molecule has 2 aromatic heterocycles. The maximum atomic E-state index is 11.8. The van der Waals surface area contributed by atoms with E-state index in [4.69, 9.17) is 0 Å². The van der Waals surface area contributed by atoms with Crippen molar-refractivity contribution < 1.29 is 4.79 Å². The number of aryl methyl sites for hydroxylation is 1. The van der Waals surface area contributed by atoms with Gasteiger partial charge in [0.05, 0.1) is 0 Å². The van der Waals surface area contributed by atoms with Crippen molar-refractivity contribution in [2.24, 2.45) is 0 Å². The Kier molecular flexibility index (Phi) is 3.05. The molecule has 116 valence electrons. The summed E-state index contributed by atoms with van der Waals surface area (Å²) < 4.78 is 2.15. The Hall–Kier alpha value is -2.55.